The summed E-state index contributed by atoms with van der Waals surface area (Å²) in [5.41, 5.74) is -0.838. The van der Waals surface area contributed by atoms with Gasteiger partial charge < -0.3 is 15.7 Å². The van der Waals surface area contributed by atoms with Crippen LogP contribution in [0.15, 0.2) is 0 Å². The normalized spacial score (nSPS) is 14.6. The smallest absolute Gasteiger partial charge is 0.314 e. The van der Waals surface area contributed by atoms with E-state index in [4.69, 9.17) is 0 Å². The molecule has 1 unspecified atom stereocenters. The summed E-state index contributed by atoms with van der Waals surface area (Å²) in [5, 5.41) is 15.2. The lowest BCUT2D eigenvalue weighted by molar-refractivity contribution is 0.0869. The Kier molecular flexibility index (Phi) is 7.58. The van der Waals surface area contributed by atoms with Crippen LogP contribution in [0.4, 0.5) is 4.79 Å². The molecule has 0 rings (SSSR count). The third kappa shape index (κ3) is 8.85. The van der Waals surface area contributed by atoms with E-state index in [2.05, 4.69) is 24.5 Å². The van der Waals surface area contributed by atoms with Gasteiger partial charge in [0, 0.05) is 18.8 Å². The van der Waals surface area contributed by atoms with Gasteiger partial charge in [-0.3, -0.25) is 0 Å². The van der Waals surface area contributed by atoms with Crippen LogP contribution in [-0.4, -0.2) is 41.8 Å². The van der Waals surface area contributed by atoms with E-state index in [1.807, 2.05) is 6.26 Å². The number of nitrogens with one attached hydrogen (secondary N) is 2. The van der Waals surface area contributed by atoms with Gasteiger partial charge in [0.25, 0.3) is 0 Å². The molecule has 0 aliphatic heterocycles. The maximum atomic E-state index is 11.3. The van der Waals surface area contributed by atoms with Crippen LogP contribution in [0, 0.1) is 5.92 Å². The fourth-order valence-electron chi connectivity index (χ4n) is 1.17. The zero-order chi connectivity index (χ0) is 12.6. The first-order valence-corrected chi connectivity index (χ1v) is 7.00. The number of carbonyl (C=O) groups is 1. The van der Waals surface area contributed by atoms with Crippen molar-refractivity contribution in [2.75, 3.05) is 25.1 Å². The fraction of sp³-hybridized carbons (Fsp3) is 0.909. The quantitative estimate of drug-likeness (QED) is 0.639. The zero-order valence-corrected chi connectivity index (χ0v) is 11.5. The summed E-state index contributed by atoms with van der Waals surface area (Å²) in [5.74, 6) is 1.19. The largest absolute Gasteiger partial charge is 0.387 e. The van der Waals surface area contributed by atoms with Gasteiger partial charge in [0.2, 0.25) is 0 Å². The molecule has 4 nitrogen and oxygen atoms in total. The predicted octanol–water partition coefficient (Wildman–Crippen LogP) is 1.45. The van der Waals surface area contributed by atoms with Crippen LogP contribution in [0.2, 0.25) is 0 Å². The van der Waals surface area contributed by atoms with Crippen molar-refractivity contribution in [1.82, 2.24) is 10.6 Å². The Morgan fingerprint density at radius 2 is 2.06 bits per heavy atom. The number of amides is 2. The minimum Gasteiger partial charge on any atom is -0.387 e. The van der Waals surface area contributed by atoms with Gasteiger partial charge in [0.15, 0.2) is 0 Å². The van der Waals surface area contributed by atoms with Crippen molar-refractivity contribution in [2.24, 2.45) is 5.92 Å². The average Bonchev–Trinajstić information content (AvgIpc) is 2.14. The molecule has 3 N–H and O–H groups in total. The molecule has 0 radical (unpaired) electrons. The molecule has 2 amide bonds. The summed E-state index contributed by atoms with van der Waals surface area (Å²) < 4.78 is 0. The van der Waals surface area contributed by atoms with Crippen molar-refractivity contribution in [3.8, 4) is 0 Å². The molecule has 0 saturated carbocycles. The van der Waals surface area contributed by atoms with E-state index in [1.165, 1.54) is 0 Å². The maximum Gasteiger partial charge on any atom is 0.314 e. The van der Waals surface area contributed by atoms with E-state index in [-0.39, 0.29) is 12.6 Å². The lowest BCUT2D eigenvalue weighted by atomic mass is 10.1. The second kappa shape index (κ2) is 7.79. The Morgan fingerprint density at radius 1 is 1.44 bits per heavy atom. The summed E-state index contributed by atoms with van der Waals surface area (Å²) >= 11 is 1.56. The Balaban J connectivity index is 3.64. The number of thioether (sulfide) groups is 1. The number of urea groups is 1. The number of carbonyl (C=O) groups excluding carboxylic acids is 1. The minimum atomic E-state index is -0.838. The molecule has 0 heterocycles. The molecule has 0 aliphatic carbocycles. The summed E-state index contributed by atoms with van der Waals surface area (Å²) in [6, 6.07) is -0.206. The summed E-state index contributed by atoms with van der Waals surface area (Å²) in [6.45, 7) is 6.90. The number of aliphatic hydroxyl groups is 1. The molecule has 0 aromatic rings. The van der Waals surface area contributed by atoms with Crippen molar-refractivity contribution in [1.29, 1.82) is 0 Å². The highest BCUT2D eigenvalue weighted by Gasteiger charge is 2.20. The number of rotatable bonds is 7. The van der Waals surface area contributed by atoms with Crippen molar-refractivity contribution < 1.29 is 9.90 Å². The molecule has 0 spiro atoms. The van der Waals surface area contributed by atoms with Gasteiger partial charge in [-0.1, -0.05) is 13.8 Å². The third-order valence-electron chi connectivity index (χ3n) is 2.09. The highest BCUT2D eigenvalue weighted by atomic mass is 32.2. The van der Waals surface area contributed by atoms with E-state index in [1.54, 1.807) is 18.7 Å². The highest BCUT2D eigenvalue weighted by Crippen LogP contribution is 2.08. The van der Waals surface area contributed by atoms with E-state index < -0.39 is 5.60 Å². The first kappa shape index (κ1) is 15.6. The minimum absolute atomic E-state index is 0.206. The number of hydrogen-bond donors (Lipinski definition) is 3. The topological polar surface area (TPSA) is 61.4 Å². The SMILES string of the molecule is CSCC(C)(O)CNC(=O)NCCC(C)C. The lowest BCUT2D eigenvalue weighted by Crippen LogP contribution is -2.46. The Morgan fingerprint density at radius 3 is 2.56 bits per heavy atom. The molecular weight excluding hydrogens is 224 g/mol. The standard InChI is InChI=1S/C11H24N2O2S/c1-9(2)5-6-12-10(14)13-7-11(3,15)8-16-4/h9,15H,5-8H2,1-4H3,(H2,12,13,14). The van der Waals surface area contributed by atoms with E-state index >= 15 is 0 Å². The van der Waals surface area contributed by atoms with Crippen LogP contribution in [0.25, 0.3) is 0 Å². The Labute approximate surface area is 103 Å². The second-order valence-electron chi connectivity index (χ2n) is 4.72. The molecular formula is C11H24N2O2S. The van der Waals surface area contributed by atoms with E-state index in [0.717, 1.165) is 6.42 Å². The zero-order valence-electron chi connectivity index (χ0n) is 10.7. The predicted molar refractivity (Wildman–Crippen MR) is 69.9 cm³/mol. The van der Waals surface area contributed by atoms with Crippen LogP contribution in [0.1, 0.15) is 27.2 Å². The van der Waals surface area contributed by atoms with Crippen LogP contribution in [0.3, 0.4) is 0 Å². The molecule has 1 atom stereocenters. The van der Waals surface area contributed by atoms with Gasteiger partial charge in [-0.15, -0.1) is 0 Å². The fourth-order valence-corrected chi connectivity index (χ4v) is 1.89. The van der Waals surface area contributed by atoms with Crippen molar-refractivity contribution in [3.05, 3.63) is 0 Å². The summed E-state index contributed by atoms with van der Waals surface area (Å²) in [6.07, 6.45) is 2.89. The average molecular weight is 248 g/mol. The molecule has 0 fully saturated rings. The van der Waals surface area contributed by atoms with Gasteiger partial charge in [-0.05, 0) is 25.5 Å². The molecule has 5 heteroatoms. The molecule has 0 aliphatic rings. The summed E-state index contributed by atoms with van der Waals surface area (Å²) in [7, 11) is 0. The lowest BCUT2D eigenvalue weighted by Gasteiger charge is -2.22. The van der Waals surface area contributed by atoms with Gasteiger partial charge in [0.05, 0.1) is 5.60 Å². The second-order valence-corrected chi connectivity index (χ2v) is 5.59. The van der Waals surface area contributed by atoms with Crippen molar-refractivity contribution in [2.45, 2.75) is 32.8 Å². The van der Waals surface area contributed by atoms with Gasteiger partial charge in [-0.25, -0.2) is 4.79 Å². The van der Waals surface area contributed by atoms with Crippen LogP contribution in [-0.2, 0) is 0 Å². The maximum absolute atomic E-state index is 11.3. The molecule has 96 valence electrons. The van der Waals surface area contributed by atoms with Gasteiger partial charge >= 0.3 is 6.03 Å². The first-order chi connectivity index (χ1) is 7.37. The third-order valence-corrected chi connectivity index (χ3v) is 3.00. The van der Waals surface area contributed by atoms with Gasteiger partial charge in [0.1, 0.15) is 0 Å². The highest BCUT2D eigenvalue weighted by molar-refractivity contribution is 7.98. The monoisotopic (exact) mass is 248 g/mol. The van der Waals surface area contributed by atoms with E-state index in [0.29, 0.717) is 18.2 Å². The van der Waals surface area contributed by atoms with Crippen LogP contribution in [0.5, 0.6) is 0 Å². The van der Waals surface area contributed by atoms with E-state index in [9.17, 15) is 9.90 Å². The molecule has 16 heavy (non-hydrogen) atoms. The summed E-state index contributed by atoms with van der Waals surface area (Å²) in [4.78, 5) is 11.3. The number of hydrogen-bond acceptors (Lipinski definition) is 3. The van der Waals surface area contributed by atoms with Crippen LogP contribution >= 0.6 is 11.8 Å². The first-order valence-electron chi connectivity index (χ1n) is 5.60. The molecule has 0 bridgehead atoms. The molecule has 0 aromatic carbocycles. The van der Waals surface area contributed by atoms with Crippen LogP contribution < -0.4 is 10.6 Å². The van der Waals surface area contributed by atoms with Crippen molar-refractivity contribution >= 4 is 17.8 Å². The Hall–Kier alpha value is -0.420. The van der Waals surface area contributed by atoms with Gasteiger partial charge in [-0.2, -0.15) is 11.8 Å². The molecule has 0 saturated heterocycles. The molecule has 0 aromatic heterocycles. The van der Waals surface area contributed by atoms with Crippen molar-refractivity contribution in [3.63, 3.8) is 0 Å². The Bertz CT molecular complexity index is 208.